The molecule has 7 nitrogen and oxygen atoms in total. The summed E-state index contributed by atoms with van der Waals surface area (Å²) in [5, 5.41) is 6.52. The maximum atomic E-state index is 13.3. The van der Waals surface area contributed by atoms with Crippen LogP contribution in [0.5, 0.6) is 0 Å². The average molecular weight is 429 g/mol. The lowest BCUT2D eigenvalue weighted by molar-refractivity contribution is -0.117. The van der Waals surface area contributed by atoms with E-state index < -0.39 is 0 Å². The summed E-state index contributed by atoms with van der Waals surface area (Å²) in [5.41, 5.74) is 1.77. The highest BCUT2D eigenvalue weighted by atomic mass is 16.5. The Labute approximate surface area is 185 Å². The van der Waals surface area contributed by atoms with Crippen molar-refractivity contribution in [2.45, 2.75) is 59.9 Å². The fraction of sp³-hybridized carbons (Fsp3) is 0.542. The predicted octanol–water partition coefficient (Wildman–Crippen LogP) is 4.14. The highest BCUT2D eigenvalue weighted by Crippen LogP contribution is 2.15. The summed E-state index contributed by atoms with van der Waals surface area (Å²) < 4.78 is 5.00. The van der Waals surface area contributed by atoms with E-state index in [4.69, 9.17) is 4.52 Å². The van der Waals surface area contributed by atoms with Crippen molar-refractivity contribution in [2.24, 2.45) is 0 Å². The number of nitrogens with one attached hydrogen (secondary N) is 1. The van der Waals surface area contributed by atoms with Crippen molar-refractivity contribution >= 4 is 17.6 Å². The van der Waals surface area contributed by atoms with Crippen LogP contribution >= 0.6 is 0 Å². The van der Waals surface area contributed by atoms with E-state index >= 15 is 0 Å². The molecule has 0 radical (unpaired) electrons. The molecule has 0 unspecified atom stereocenters. The monoisotopic (exact) mass is 428 g/mol. The summed E-state index contributed by atoms with van der Waals surface area (Å²) in [4.78, 5) is 30.0. The lowest BCUT2D eigenvalue weighted by Gasteiger charge is -2.29. The second kappa shape index (κ2) is 12.2. The summed E-state index contributed by atoms with van der Waals surface area (Å²) in [6.45, 7) is 13.1. The van der Waals surface area contributed by atoms with E-state index in [1.165, 1.54) is 5.56 Å². The first kappa shape index (κ1) is 24.6. The van der Waals surface area contributed by atoms with Crippen LogP contribution in [0.4, 0.5) is 5.82 Å². The molecule has 0 saturated carbocycles. The Morgan fingerprint density at radius 1 is 1.13 bits per heavy atom. The van der Waals surface area contributed by atoms with Crippen LogP contribution in [0, 0.1) is 6.92 Å². The van der Waals surface area contributed by atoms with Crippen LogP contribution in [-0.4, -0.2) is 59.0 Å². The molecule has 31 heavy (non-hydrogen) atoms. The van der Waals surface area contributed by atoms with Crippen molar-refractivity contribution in [3.63, 3.8) is 0 Å². The van der Waals surface area contributed by atoms with Crippen molar-refractivity contribution in [3.05, 3.63) is 47.2 Å². The number of aromatic nitrogens is 1. The van der Waals surface area contributed by atoms with Crippen LogP contribution < -0.4 is 5.32 Å². The molecule has 2 aromatic rings. The van der Waals surface area contributed by atoms with E-state index in [1.54, 1.807) is 17.9 Å². The summed E-state index contributed by atoms with van der Waals surface area (Å²) in [6, 6.07) is 9.20. The maximum absolute atomic E-state index is 13.3. The zero-order valence-electron chi connectivity index (χ0n) is 19.5. The van der Waals surface area contributed by atoms with Gasteiger partial charge in [0.15, 0.2) is 5.82 Å². The zero-order valence-corrected chi connectivity index (χ0v) is 19.5. The summed E-state index contributed by atoms with van der Waals surface area (Å²) >= 11 is 0. The fourth-order valence-corrected chi connectivity index (χ4v) is 3.55. The van der Waals surface area contributed by atoms with E-state index in [0.29, 0.717) is 17.1 Å². The Hall–Kier alpha value is -2.67. The van der Waals surface area contributed by atoms with Crippen molar-refractivity contribution in [1.82, 2.24) is 15.0 Å². The van der Waals surface area contributed by atoms with Gasteiger partial charge in [0.05, 0.1) is 0 Å². The number of aryl methyl sites for hydroxylation is 2. The first-order valence-corrected chi connectivity index (χ1v) is 11.2. The van der Waals surface area contributed by atoms with Crippen LogP contribution in [0.15, 0.2) is 34.9 Å². The Morgan fingerprint density at radius 3 is 2.35 bits per heavy atom. The van der Waals surface area contributed by atoms with Gasteiger partial charge in [-0.1, -0.05) is 38.1 Å². The largest absolute Gasteiger partial charge is 0.360 e. The zero-order chi connectivity index (χ0) is 22.8. The summed E-state index contributed by atoms with van der Waals surface area (Å²) in [5.74, 6) is 0.548. The first-order valence-electron chi connectivity index (χ1n) is 11.2. The summed E-state index contributed by atoms with van der Waals surface area (Å²) in [7, 11) is 0. The number of nitrogens with zero attached hydrogens (tertiary/aromatic N) is 3. The Bertz CT molecular complexity index is 828. The number of carbonyl (C=O) groups excluding carboxylic acids is 2. The molecule has 0 aliphatic rings. The topological polar surface area (TPSA) is 78.7 Å². The van der Waals surface area contributed by atoms with E-state index in [9.17, 15) is 9.59 Å². The van der Waals surface area contributed by atoms with Gasteiger partial charge in [-0.25, -0.2) is 0 Å². The number of hydrogen-bond acceptors (Lipinski definition) is 5. The molecule has 1 atom stereocenters. The van der Waals surface area contributed by atoms with Crippen LogP contribution in [0.1, 0.15) is 62.2 Å². The van der Waals surface area contributed by atoms with E-state index in [2.05, 4.69) is 36.1 Å². The van der Waals surface area contributed by atoms with Gasteiger partial charge in [-0.2, -0.15) is 0 Å². The van der Waals surface area contributed by atoms with Gasteiger partial charge in [0.25, 0.3) is 5.91 Å². The number of hydrogen-bond donors (Lipinski definition) is 1. The van der Waals surface area contributed by atoms with Gasteiger partial charge in [-0.3, -0.25) is 9.59 Å². The van der Waals surface area contributed by atoms with Crippen LogP contribution in [0.25, 0.3) is 0 Å². The van der Waals surface area contributed by atoms with E-state index in [1.807, 2.05) is 31.2 Å². The van der Waals surface area contributed by atoms with Gasteiger partial charge < -0.3 is 19.6 Å². The third kappa shape index (κ3) is 7.51. The second-order valence-electron chi connectivity index (χ2n) is 7.87. The molecular weight excluding hydrogens is 392 g/mol. The molecule has 170 valence electrons. The standard InChI is InChI=1S/C24H36N4O3/c1-6-20-11-13-21(14-12-20)24(30)28(18(4)10-9-15-27(7-2)8-3)17-23(29)25-22-16-19(5)31-26-22/h11-14,16,18H,6-10,15,17H2,1-5H3,(H,25,26,29)/t18-/m1/s1. The molecule has 2 amide bonds. The molecular formula is C24H36N4O3. The minimum absolute atomic E-state index is 0.0350. The summed E-state index contributed by atoms with van der Waals surface area (Å²) in [6.07, 6.45) is 2.70. The quantitative estimate of drug-likeness (QED) is 0.550. The van der Waals surface area contributed by atoms with Gasteiger partial charge in [-0.05, 0) is 70.4 Å². The number of benzene rings is 1. The lowest BCUT2D eigenvalue weighted by Crippen LogP contribution is -2.44. The molecule has 0 spiro atoms. The SMILES string of the molecule is CCc1ccc(C(=O)N(CC(=O)Nc2cc(C)on2)[C@H](C)CCCN(CC)CC)cc1. The number of anilines is 1. The van der Waals surface area contributed by atoms with Gasteiger partial charge in [-0.15, -0.1) is 0 Å². The first-order chi connectivity index (χ1) is 14.9. The second-order valence-corrected chi connectivity index (χ2v) is 7.87. The molecule has 0 aliphatic heterocycles. The van der Waals surface area contributed by atoms with Gasteiger partial charge in [0.1, 0.15) is 12.3 Å². The molecule has 0 aliphatic carbocycles. The van der Waals surface area contributed by atoms with Crippen molar-refractivity contribution in [1.29, 1.82) is 0 Å². The number of amides is 2. The van der Waals surface area contributed by atoms with Crippen molar-refractivity contribution in [2.75, 3.05) is 31.5 Å². The lowest BCUT2D eigenvalue weighted by atomic mass is 10.1. The average Bonchev–Trinajstić information content (AvgIpc) is 3.18. The molecule has 7 heteroatoms. The van der Waals surface area contributed by atoms with Gasteiger partial charge >= 0.3 is 0 Å². The molecule has 0 fully saturated rings. The molecule has 0 saturated heterocycles. The third-order valence-corrected chi connectivity index (χ3v) is 5.60. The fourth-order valence-electron chi connectivity index (χ4n) is 3.55. The molecule has 1 aromatic carbocycles. The van der Waals surface area contributed by atoms with Gasteiger partial charge in [0.2, 0.25) is 5.91 Å². The van der Waals surface area contributed by atoms with Crippen LogP contribution in [-0.2, 0) is 11.2 Å². The molecule has 1 N–H and O–H groups in total. The molecule has 2 rings (SSSR count). The normalized spacial score (nSPS) is 12.1. The highest BCUT2D eigenvalue weighted by Gasteiger charge is 2.24. The van der Waals surface area contributed by atoms with E-state index in [-0.39, 0.29) is 24.4 Å². The third-order valence-electron chi connectivity index (χ3n) is 5.60. The Balaban J connectivity index is 2.10. The van der Waals surface area contributed by atoms with Crippen LogP contribution in [0.3, 0.4) is 0 Å². The minimum Gasteiger partial charge on any atom is -0.360 e. The predicted molar refractivity (Wildman–Crippen MR) is 123 cm³/mol. The molecule has 1 heterocycles. The van der Waals surface area contributed by atoms with Crippen LogP contribution in [0.2, 0.25) is 0 Å². The van der Waals surface area contributed by atoms with E-state index in [0.717, 1.165) is 38.9 Å². The van der Waals surface area contributed by atoms with Gasteiger partial charge in [0, 0.05) is 17.7 Å². The smallest absolute Gasteiger partial charge is 0.254 e. The Kier molecular flexibility index (Phi) is 9.72. The molecule has 1 aromatic heterocycles. The van der Waals surface area contributed by atoms with Crippen molar-refractivity contribution < 1.29 is 14.1 Å². The number of carbonyl (C=O) groups is 2. The van der Waals surface area contributed by atoms with Crippen molar-refractivity contribution in [3.8, 4) is 0 Å². The number of rotatable bonds is 12. The Morgan fingerprint density at radius 2 is 1.81 bits per heavy atom. The molecule has 0 bridgehead atoms. The maximum Gasteiger partial charge on any atom is 0.254 e. The minimum atomic E-state index is -0.289. The highest BCUT2D eigenvalue weighted by molar-refractivity contribution is 5.99.